The van der Waals surface area contributed by atoms with Gasteiger partial charge in [0.15, 0.2) is 0 Å². The van der Waals surface area contributed by atoms with Gasteiger partial charge in [-0.3, -0.25) is 4.79 Å². The molecule has 0 aliphatic heterocycles. The van der Waals surface area contributed by atoms with E-state index in [1.165, 1.54) is 6.42 Å². The predicted molar refractivity (Wildman–Crippen MR) is 46.4 cm³/mol. The molecular weight excluding hydrogens is 136 g/mol. The Morgan fingerprint density at radius 3 is 2.45 bits per heavy atom. The Bertz CT molecular complexity index is 149. The summed E-state index contributed by atoms with van der Waals surface area (Å²) in [5, 5.41) is 0. The van der Waals surface area contributed by atoms with Gasteiger partial charge < -0.3 is 0 Å². The molecule has 64 valence electrons. The molecule has 1 aliphatic carbocycles. The highest BCUT2D eigenvalue weighted by molar-refractivity contribution is 5.82. The van der Waals surface area contributed by atoms with Crippen molar-refractivity contribution in [1.82, 2.24) is 0 Å². The molecule has 1 saturated carbocycles. The minimum absolute atomic E-state index is 0.367. The fourth-order valence-electron chi connectivity index (χ4n) is 1.93. The molecule has 0 radical (unpaired) electrons. The zero-order valence-corrected chi connectivity index (χ0v) is 7.76. The fraction of sp³-hybridized carbons (Fsp3) is 0.900. The van der Waals surface area contributed by atoms with E-state index in [9.17, 15) is 4.79 Å². The molecule has 0 aromatic heterocycles. The lowest BCUT2D eigenvalue weighted by Crippen LogP contribution is -2.27. The second-order valence-electron chi connectivity index (χ2n) is 4.20. The van der Waals surface area contributed by atoms with Crippen LogP contribution in [0, 0.1) is 17.8 Å². The van der Waals surface area contributed by atoms with E-state index in [4.69, 9.17) is 0 Å². The molecule has 0 unspecified atom stereocenters. The molecule has 0 bridgehead atoms. The van der Waals surface area contributed by atoms with E-state index in [-0.39, 0.29) is 0 Å². The second kappa shape index (κ2) is 3.38. The van der Waals surface area contributed by atoms with Crippen LogP contribution in [0.2, 0.25) is 0 Å². The lowest BCUT2D eigenvalue weighted by Gasteiger charge is -2.27. The fourth-order valence-corrected chi connectivity index (χ4v) is 1.93. The van der Waals surface area contributed by atoms with Gasteiger partial charge in [0.1, 0.15) is 5.78 Å². The Kier molecular flexibility index (Phi) is 2.69. The van der Waals surface area contributed by atoms with E-state index in [1.807, 2.05) is 0 Å². The van der Waals surface area contributed by atoms with Crippen LogP contribution in [0.3, 0.4) is 0 Å². The maximum Gasteiger partial charge on any atom is 0.136 e. The first-order valence-electron chi connectivity index (χ1n) is 4.64. The van der Waals surface area contributed by atoms with E-state index in [2.05, 4.69) is 20.8 Å². The Morgan fingerprint density at radius 1 is 1.36 bits per heavy atom. The first-order valence-corrected chi connectivity index (χ1v) is 4.64. The summed E-state index contributed by atoms with van der Waals surface area (Å²) in [6.45, 7) is 6.48. The summed E-state index contributed by atoms with van der Waals surface area (Å²) in [6.07, 6.45) is 3.19. The number of carbonyl (C=O) groups is 1. The Balaban J connectivity index is 2.51. The quantitative estimate of drug-likeness (QED) is 0.567. The largest absolute Gasteiger partial charge is 0.299 e. The van der Waals surface area contributed by atoms with E-state index in [0.717, 1.165) is 12.8 Å². The van der Waals surface area contributed by atoms with Gasteiger partial charge >= 0.3 is 0 Å². The highest BCUT2D eigenvalue weighted by Crippen LogP contribution is 2.29. The first kappa shape index (κ1) is 8.76. The standard InChI is InChI=1S/C10H18O/c1-7(2)9-5-4-8(3)6-10(9)11/h7-9H,4-6H2,1-3H3/t8-,9-/m0/s1. The van der Waals surface area contributed by atoms with Crippen LogP contribution in [0.4, 0.5) is 0 Å². The van der Waals surface area contributed by atoms with Gasteiger partial charge in [-0.05, 0) is 24.7 Å². The molecule has 1 fully saturated rings. The molecule has 11 heavy (non-hydrogen) atoms. The molecule has 2 atom stereocenters. The molecule has 0 N–H and O–H groups in total. The summed E-state index contributed by atoms with van der Waals surface area (Å²) in [6, 6.07) is 0. The zero-order valence-electron chi connectivity index (χ0n) is 7.76. The molecule has 1 rings (SSSR count). The third kappa shape index (κ3) is 2.05. The van der Waals surface area contributed by atoms with Crippen LogP contribution in [-0.4, -0.2) is 5.78 Å². The van der Waals surface area contributed by atoms with Gasteiger partial charge in [0.2, 0.25) is 0 Å². The molecule has 0 aromatic carbocycles. The number of hydrogen-bond donors (Lipinski definition) is 0. The topological polar surface area (TPSA) is 17.1 Å². The van der Waals surface area contributed by atoms with E-state index >= 15 is 0 Å². The zero-order chi connectivity index (χ0) is 8.43. The Labute approximate surface area is 69.2 Å². The van der Waals surface area contributed by atoms with Crippen molar-refractivity contribution in [3.63, 3.8) is 0 Å². The van der Waals surface area contributed by atoms with Crippen molar-refractivity contribution in [3.05, 3.63) is 0 Å². The highest BCUT2D eigenvalue weighted by Gasteiger charge is 2.27. The summed E-state index contributed by atoms with van der Waals surface area (Å²) in [4.78, 5) is 11.4. The summed E-state index contributed by atoms with van der Waals surface area (Å²) >= 11 is 0. The first-order chi connectivity index (χ1) is 5.11. The molecule has 0 aromatic rings. The molecule has 0 amide bonds. The van der Waals surface area contributed by atoms with Crippen LogP contribution in [0.25, 0.3) is 0 Å². The van der Waals surface area contributed by atoms with Gasteiger partial charge in [0.05, 0.1) is 0 Å². The van der Waals surface area contributed by atoms with Crippen molar-refractivity contribution in [2.45, 2.75) is 40.0 Å². The highest BCUT2D eigenvalue weighted by atomic mass is 16.1. The maximum absolute atomic E-state index is 11.4. The SMILES string of the molecule is CC(C)[C@@H]1CC[C@H](C)CC1=O. The minimum Gasteiger partial charge on any atom is -0.299 e. The van der Waals surface area contributed by atoms with E-state index in [1.54, 1.807) is 0 Å². The normalized spacial score (nSPS) is 32.9. The summed E-state index contributed by atoms with van der Waals surface area (Å²) in [5.41, 5.74) is 0. The molecule has 1 aliphatic rings. The third-order valence-electron chi connectivity index (χ3n) is 2.74. The predicted octanol–water partition coefficient (Wildman–Crippen LogP) is 2.65. The van der Waals surface area contributed by atoms with Crippen molar-refractivity contribution in [2.24, 2.45) is 17.8 Å². The molecular formula is C10H18O. The molecule has 0 spiro atoms. The summed E-state index contributed by atoms with van der Waals surface area (Å²) < 4.78 is 0. The molecule has 1 heteroatoms. The van der Waals surface area contributed by atoms with Crippen molar-refractivity contribution >= 4 is 5.78 Å². The van der Waals surface area contributed by atoms with Crippen molar-refractivity contribution in [2.75, 3.05) is 0 Å². The monoisotopic (exact) mass is 154 g/mol. The van der Waals surface area contributed by atoms with Gasteiger partial charge in [-0.25, -0.2) is 0 Å². The Hall–Kier alpha value is -0.330. The van der Waals surface area contributed by atoms with Crippen LogP contribution >= 0.6 is 0 Å². The van der Waals surface area contributed by atoms with Crippen LogP contribution in [0.5, 0.6) is 0 Å². The number of carbonyl (C=O) groups excluding carboxylic acids is 1. The van der Waals surface area contributed by atoms with Crippen LogP contribution in [0.15, 0.2) is 0 Å². The maximum atomic E-state index is 11.4. The molecule has 0 saturated heterocycles. The van der Waals surface area contributed by atoms with Gasteiger partial charge in [-0.2, -0.15) is 0 Å². The van der Waals surface area contributed by atoms with Crippen LogP contribution in [0.1, 0.15) is 40.0 Å². The molecule has 1 nitrogen and oxygen atoms in total. The smallest absolute Gasteiger partial charge is 0.136 e. The number of ketones is 1. The van der Waals surface area contributed by atoms with Gasteiger partial charge in [0, 0.05) is 12.3 Å². The van der Waals surface area contributed by atoms with Gasteiger partial charge in [-0.15, -0.1) is 0 Å². The Morgan fingerprint density at radius 2 is 2.00 bits per heavy atom. The third-order valence-corrected chi connectivity index (χ3v) is 2.74. The second-order valence-corrected chi connectivity index (χ2v) is 4.20. The van der Waals surface area contributed by atoms with Gasteiger partial charge in [-0.1, -0.05) is 20.8 Å². The molecule has 0 heterocycles. The lowest BCUT2D eigenvalue weighted by atomic mass is 9.77. The van der Waals surface area contributed by atoms with Crippen molar-refractivity contribution < 1.29 is 4.79 Å². The van der Waals surface area contributed by atoms with E-state index < -0.39 is 0 Å². The van der Waals surface area contributed by atoms with Crippen molar-refractivity contribution in [3.8, 4) is 0 Å². The van der Waals surface area contributed by atoms with E-state index in [0.29, 0.717) is 23.5 Å². The van der Waals surface area contributed by atoms with Crippen LogP contribution < -0.4 is 0 Å². The van der Waals surface area contributed by atoms with Crippen LogP contribution in [-0.2, 0) is 4.79 Å². The average Bonchev–Trinajstić information content (AvgIpc) is 1.85. The van der Waals surface area contributed by atoms with Gasteiger partial charge in [0.25, 0.3) is 0 Å². The number of Topliss-reactive ketones (excluding diaryl/α,β-unsaturated/α-hetero) is 1. The minimum atomic E-state index is 0.367. The number of hydrogen-bond acceptors (Lipinski definition) is 1. The number of rotatable bonds is 1. The lowest BCUT2D eigenvalue weighted by molar-refractivity contribution is -0.127. The average molecular weight is 154 g/mol. The summed E-state index contributed by atoms with van der Waals surface area (Å²) in [7, 11) is 0. The summed E-state index contributed by atoms with van der Waals surface area (Å²) in [5.74, 6) is 2.05. The van der Waals surface area contributed by atoms with Crippen molar-refractivity contribution in [1.29, 1.82) is 0 Å².